The van der Waals surface area contributed by atoms with Crippen LogP contribution >= 0.6 is 0 Å². The van der Waals surface area contributed by atoms with E-state index in [2.05, 4.69) is 24.7 Å². The molecule has 0 radical (unpaired) electrons. The molecule has 0 fully saturated rings. The van der Waals surface area contributed by atoms with Crippen LogP contribution in [-0.2, 0) is 16.5 Å². The van der Waals surface area contributed by atoms with Crippen LogP contribution in [0.5, 0.6) is 11.8 Å². The molecule has 3 N–H and O–H groups in total. The van der Waals surface area contributed by atoms with Crippen molar-refractivity contribution < 1.29 is 18.5 Å². The zero-order valence-corrected chi connectivity index (χ0v) is 18.6. The van der Waals surface area contributed by atoms with Crippen molar-refractivity contribution in [1.29, 1.82) is 0 Å². The van der Waals surface area contributed by atoms with E-state index in [1.807, 2.05) is 13.8 Å². The number of anilines is 1. The second-order valence-electron chi connectivity index (χ2n) is 8.00. The average molecular weight is 458 g/mol. The summed E-state index contributed by atoms with van der Waals surface area (Å²) in [5.74, 6) is 0.892. The molecule has 1 atom stereocenters. The monoisotopic (exact) mass is 457 g/mol. The molecule has 0 spiro atoms. The Morgan fingerprint density at radius 1 is 1.34 bits per heavy atom. The van der Waals surface area contributed by atoms with E-state index >= 15 is 0 Å². The molecule has 1 aliphatic rings. The summed E-state index contributed by atoms with van der Waals surface area (Å²) in [7, 11) is -2.10. The molecule has 0 aliphatic carbocycles. The van der Waals surface area contributed by atoms with Crippen LogP contribution in [-0.4, -0.2) is 43.7 Å². The maximum atomic E-state index is 13.1. The van der Waals surface area contributed by atoms with Crippen LogP contribution in [0.25, 0.3) is 11.1 Å². The van der Waals surface area contributed by atoms with Crippen LogP contribution in [0, 0.1) is 5.41 Å². The quantitative estimate of drug-likeness (QED) is 0.612. The number of carbonyl (C=O) groups excluding carboxylic acids is 1. The van der Waals surface area contributed by atoms with E-state index in [0.717, 1.165) is 5.56 Å². The van der Waals surface area contributed by atoms with Crippen molar-refractivity contribution in [1.82, 2.24) is 19.7 Å². The topological polar surface area (TPSA) is 147 Å². The van der Waals surface area contributed by atoms with Crippen LogP contribution in [0.2, 0.25) is 0 Å². The van der Waals surface area contributed by atoms with Crippen LogP contribution in [0.15, 0.2) is 52.1 Å². The largest absolute Gasteiger partial charge is 0.481 e. The van der Waals surface area contributed by atoms with Gasteiger partial charge < -0.3 is 9.47 Å². The maximum Gasteiger partial charge on any atom is 0.356 e. The second-order valence-corrected chi connectivity index (χ2v) is 9.76. The fourth-order valence-corrected chi connectivity index (χ4v) is 4.26. The molecule has 0 aromatic carbocycles. The van der Waals surface area contributed by atoms with Crippen molar-refractivity contribution in [2.24, 2.45) is 14.9 Å². The molecule has 0 saturated carbocycles. The van der Waals surface area contributed by atoms with Crippen LogP contribution < -0.4 is 19.9 Å². The third-order valence-electron chi connectivity index (χ3n) is 4.76. The van der Waals surface area contributed by atoms with Crippen molar-refractivity contribution >= 4 is 21.8 Å². The lowest BCUT2D eigenvalue weighted by Gasteiger charge is -2.30. The first-order chi connectivity index (χ1) is 15.2. The number of amides is 2. The van der Waals surface area contributed by atoms with Gasteiger partial charge in [0.25, 0.3) is 0 Å². The number of hydrogen-bond donors (Lipinski definition) is 2. The first kappa shape index (κ1) is 21.7. The predicted molar refractivity (Wildman–Crippen MR) is 118 cm³/mol. The first-order valence-electron chi connectivity index (χ1n) is 9.68. The highest BCUT2D eigenvalue weighted by molar-refractivity contribution is 7.91. The highest BCUT2D eigenvalue weighted by Crippen LogP contribution is 2.33. The molecule has 12 heteroatoms. The van der Waals surface area contributed by atoms with Gasteiger partial charge in [0.1, 0.15) is 10.7 Å². The Balaban J connectivity index is 1.62. The smallest absolute Gasteiger partial charge is 0.356 e. The van der Waals surface area contributed by atoms with E-state index in [0.29, 0.717) is 24.6 Å². The van der Waals surface area contributed by atoms with Gasteiger partial charge in [-0.15, -0.1) is 4.36 Å². The second kappa shape index (κ2) is 8.20. The Morgan fingerprint density at radius 2 is 2.16 bits per heavy atom. The number of rotatable bonds is 4. The molecular formula is C20H23N7O4S. The summed E-state index contributed by atoms with van der Waals surface area (Å²) >= 11 is 0. The number of nitrogens with two attached hydrogens (primary N) is 1. The van der Waals surface area contributed by atoms with E-state index in [-0.39, 0.29) is 22.0 Å². The molecule has 11 nitrogen and oxygen atoms in total. The summed E-state index contributed by atoms with van der Waals surface area (Å²) in [5, 5.41) is 12.7. The van der Waals surface area contributed by atoms with Gasteiger partial charge in [-0.3, -0.25) is 5.32 Å². The number of pyridine rings is 2. The minimum atomic E-state index is -3.61. The molecule has 4 heterocycles. The van der Waals surface area contributed by atoms with Crippen LogP contribution in [0.3, 0.4) is 0 Å². The number of fused-ring (bicyclic) bond motifs is 1. The fraction of sp³-hybridized carbons (Fsp3) is 0.300. The molecule has 32 heavy (non-hydrogen) atoms. The van der Waals surface area contributed by atoms with Crippen molar-refractivity contribution in [3.05, 3.63) is 42.9 Å². The first-order valence-corrected chi connectivity index (χ1v) is 11.3. The van der Waals surface area contributed by atoms with Crippen LogP contribution in [0.4, 0.5) is 10.6 Å². The molecule has 3 aromatic heterocycles. The number of hydrogen-bond acceptors (Lipinski definition) is 7. The molecule has 168 valence electrons. The number of urea groups is 1. The fourth-order valence-electron chi connectivity index (χ4n) is 3.25. The number of ether oxygens (including phenoxy) is 2. The molecule has 2 amide bonds. The molecular weight excluding hydrogens is 434 g/mol. The molecule has 1 aliphatic heterocycles. The SMILES string of the molecule is COc1cc(-c2cccnc2NC(=O)N=[S@@](N)(=O)c2cnn3c2OCC(C)(C)C3)ccn1. The molecule has 4 rings (SSSR count). The lowest BCUT2D eigenvalue weighted by atomic mass is 9.94. The molecule has 0 saturated heterocycles. The summed E-state index contributed by atoms with van der Waals surface area (Å²) in [6.45, 7) is 5.02. The minimum absolute atomic E-state index is 0.0725. The summed E-state index contributed by atoms with van der Waals surface area (Å²) in [6.07, 6.45) is 4.42. The predicted octanol–water partition coefficient (Wildman–Crippen LogP) is 2.70. The average Bonchev–Trinajstić information content (AvgIpc) is 3.16. The van der Waals surface area contributed by atoms with Crippen molar-refractivity contribution in [3.8, 4) is 22.9 Å². The van der Waals surface area contributed by atoms with Gasteiger partial charge in [0.2, 0.25) is 11.8 Å². The zero-order valence-electron chi connectivity index (χ0n) is 17.8. The zero-order chi connectivity index (χ0) is 22.9. The van der Waals surface area contributed by atoms with Crippen molar-refractivity contribution in [3.63, 3.8) is 0 Å². The minimum Gasteiger partial charge on any atom is -0.481 e. The third kappa shape index (κ3) is 4.41. The Hall–Kier alpha value is -3.51. The van der Waals surface area contributed by atoms with E-state index in [4.69, 9.17) is 14.6 Å². The summed E-state index contributed by atoms with van der Waals surface area (Å²) in [6, 6.07) is 6.03. The number of carbonyl (C=O) groups is 1. The maximum absolute atomic E-state index is 13.1. The number of nitrogens with zero attached hydrogens (tertiary/aromatic N) is 5. The van der Waals surface area contributed by atoms with E-state index in [1.165, 1.54) is 19.5 Å². The van der Waals surface area contributed by atoms with E-state index in [1.54, 1.807) is 35.1 Å². The van der Waals surface area contributed by atoms with E-state index < -0.39 is 15.9 Å². The highest BCUT2D eigenvalue weighted by atomic mass is 32.2. The number of methoxy groups -OCH3 is 1. The Labute approximate surface area is 185 Å². The Bertz CT molecular complexity index is 1290. The van der Waals surface area contributed by atoms with E-state index in [9.17, 15) is 9.00 Å². The van der Waals surface area contributed by atoms with Gasteiger partial charge in [-0.25, -0.2) is 28.8 Å². The van der Waals surface area contributed by atoms with Crippen molar-refractivity contribution in [2.45, 2.75) is 25.3 Å². The molecule has 3 aromatic rings. The number of aromatic nitrogens is 4. The van der Waals surface area contributed by atoms with Crippen LogP contribution in [0.1, 0.15) is 13.8 Å². The lowest BCUT2D eigenvalue weighted by molar-refractivity contribution is 0.0972. The third-order valence-corrected chi connectivity index (χ3v) is 6.11. The summed E-state index contributed by atoms with van der Waals surface area (Å²) < 4.78 is 29.2. The summed E-state index contributed by atoms with van der Waals surface area (Å²) in [4.78, 5) is 21.0. The van der Waals surface area contributed by atoms with Crippen molar-refractivity contribution in [2.75, 3.05) is 19.0 Å². The van der Waals surface area contributed by atoms with Gasteiger partial charge in [-0.1, -0.05) is 13.8 Å². The molecule has 0 unspecified atom stereocenters. The Morgan fingerprint density at radius 3 is 2.94 bits per heavy atom. The van der Waals surface area contributed by atoms with Gasteiger partial charge in [0.05, 0.1) is 26.5 Å². The molecule has 0 bridgehead atoms. The Kier molecular flexibility index (Phi) is 5.57. The van der Waals surface area contributed by atoms with Gasteiger partial charge >= 0.3 is 6.03 Å². The van der Waals surface area contributed by atoms with Gasteiger partial charge in [-0.05, 0) is 23.8 Å². The van der Waals surface area contributed by atoms with Gasteiger partial charge in [-0.2, -0.15) is 5.10 Å². The number of nitrogens with one attached hydrogen (secondary N) is 1. The summed E-state index contributed by atoms with van der Waals surface area (Å²) in [5.41, 5.74) is 1.19. The standard InChI is InChI=1S/C20H23N7O4S/c1-20(2)11-27-18(31-12-20)15(10-24-27)32(21,29)26-19(28)25-17-14(5-4-7-23-17)13-6-8-22-16(9-13)30-3/h4-10H,11-12H2,1-3H3,(H3,21,23,25,26,28,29)/t32-/m1/s1. The van der Waals surface area contributed by atoms with Gasteiger partial charge in [0.15, 0.2) is 9.92 Å². The lowest BCUT2D eigenvalue weighted by Crippen LogP contribution is -2.33. The van der Waals surface area contributed by atoms with Gasteiger partial charge in [0, 0.05) is 29.4 Å². The highest BCUT2D eigenvalue weighted by Gasteiger charge is 2.32. The normalized spacial score (nSPS) is 16.2.